The zero-order valence-electron chi connectivity index (χ0n) is 24.5. The highest BCUT2D eigenvalue weighted by molar-refractivity contribution is 6.46. The van der Waals surface area contributed by atoms with Crippen LogP contribution in [0.1, 0.15) is 67.7 Å². The van der Waals surface area contributed by atoms with E-state index < -0.39 is 11.5 Å². The van der Waals surface area contributed by atoms with Crippen LogP contribution in [0, 0.1) is 5.92 Å². The Hall–Kier alpha value is -3.40. The van der Waals surface area contributed by atoms with E-state index in [-0.39, 0.29) is 17.3 Å². The highest BCUT2D eigenvalue weighted by Gasteiger charge is 2.36. The van der Waals surface area contributed by atoms with Crippen molar-refractivity contribution < 1.29 is 24.0 Å². The number of nitrogens with one attached hydrogen (secondary N) is 1. The number of ether oxygens (including phenoxy) is 1. The fourth-order valence-electron chi connectivity index (χ4n) is 6.16. The Kier molecular flexibility index (Phi) is 8.68. The first-order valence-electron chi connectivity index (χ1n) is 14.6. The van der Waals surface area contributed by atoms with Gasteiger partial charge in [-0.3, -0.25) is 14.5 Å². The molecule has 2 fully saturated rings. The second-order valence-electron chi connectivity index (χ2n) is 11.5. The number of hydrogen-bond acceptors (Lipinski definition) is 8. The molecule has 9 nitrogen and oxygen atoms in total. The SMILES string of the molecule is CCn1c2ccc(C(=O)/C(CC3CCNCC3)=N/OC(C)=O)cc2c2cc(C(=O)C(C)(C)N3CCOCC3)ccc21. The largest absolute Gasteiger partial charge is 0.379 e. The van der Waals surface area contributed by atoms with Crippen molar-refractivity contribution in [3.63, 3.8) is 0 Å². The minimum Gasteiger partial charge on any atom is -0.379 e. The van der Waals surface area contributed by atoms with Crippen LogP contribution in [0.2, 0.25) is 0 Å². The van der Waals surface area contributed by atoms with Gasteiger partial charge in [0.2, 0.25) is 5.78 Å². The second-order valence-corrected chi connectivity index (χ2v) is 11.5. The molecule has 0 spiro atoms. The van der Waals surface area contributed by atoms with Crippen molar-refractivity contribution in [3.05, 3.63) is 47.5 Å². The minimum atomic E-state index is -0.668. The van der Waals surface area contributed by atoms with E-state index >= 15 is 0 Å². The van der Waals surface area contributed by atoms with E-state index in [4.69, 9.17) is 9.57 Å². The molecule has 2 aromatic carbocycles. The van der Waals surface area contributed by atoms with Crippen molar-refractivity contribution in [3.8, 4) is 0 Å². The van der Waals surface area contributed by atoms with Crippen molar-refractivity contribution in [2.75, 3.05) is 39.4 Å². The summed E-state index contributed by atoms with van der Waals surface area (Å²) in [6, 6.07) is 11.5. The highest BCUT2D eigenvalue weighted by Crippen LogP contribution is 2.33. The number of ketones is 2. The molecule has 9 heteroatoms. The average Bonchev–Trinajstić information content (AvgIpc) is 3.31. The van der Waals surface area contributed by atoms with Crippen molar-refractivity contribution in [1.82, 2.24) is 14.8 Å². The third-order valence-electron chi connectivity index (χ3n) is 8.55. The van der Waals surface area contributed by atoms with Gasteiger partial charge in [0.15, 0.2) is 5.78 Å². The number of nitrogens with zero attached hydrogens (tertiary/aromatic N) is 3. The number of aryl methyl sites for hydroxylation is 1. The molecule has 0 bridgehead atoms. The number of rotatable bonds is 9. The summed E-state index contributed by atoms with van der Waals surface area (Å²) in [5, 5.41) is 9.17. The van der Waals surface area contributed by atoms with Crippen LogP contribution in [0.15, 0.2) is 41.6 Å². The Morgan fingerprint density at radius 2 is 1.61 bits per heavy atom. The summed E-state index contributed by atoms with van der Waals surface area (Å²) >= 11 is 0. The molecule has 3 heterocycles. The molecule has 41 heavy (non-hydrogen) atoms. The molecule has 2 aliphatic rings. The number of oxime groups is 1. The van der Waals surface area contributed by atoms with Gasteiger partial charge in [0.1, 0.15) is 5.71 Å². The summed E-state index contributed by atoms with van der Waals surface area (Å²) in [7, 11) is 0. The van der Waals surface area contributed by atoms with E-state index in [1.807, 2.05) is 50.2 Å². The zero-order valence-corrected chi connectivity index (χ0v) is 24.5. The first-order chi connectivity index (χ1) is 19.7. The quantitative estimate of drug-likeness (QED) is 0.177. The molecule has 2 aliphatic heterocycles. The lowest BCUT2D eigenvalue weighted by molar-refractivity contribution is -0.140. The molecule has 1 N–H and O–H groups in total. The van der Waals surface area contributed by atoms with Crippen LogP contribution in [0.25, 0.3) is 21.8 Å². The number of hydrogen-bond donors (Lipinski definition) is 1. The van der Waals surface area contributed by atoms with E-state index in [1.54, 1.807) is 0 Å². The van der Waals surface area contributed by atoms with Gasteiger partial charge in [0, 0.05) is 59.5 Å². The Morgan fingerprint density at radius 3 is 2.22 bits per heavy atom. The highest BCUT2D eigenvalue weighted by atomic mass is 16.7. The van der Waals surface area contributed by atoms with Gasteiger partial charge in [0.05, 0.1) is 18.8 Å². The summed E-state index contributed by atoms with van der Waals surface area (Å²) in [4.78, 5) is 46.2. The number of morpholine rings is 1. The van der Waals surface area contributed by atoms with Crippen LogP contribution in [0.4, 0.5) is 0 Å². The number of piperidine rings is 1. The lowest BCUT2D eigenvalue weighted by Gasteiger charge is -2.39. The van der Waals surface area contributed by atoms with Gasteiger partial charge >= 0.3 is 5.97 Å². The van der Waals surface area contributed by atoms with Crippen LogP contribution in [-0.4, -0.2) is 77.6 Å². The number of aromatic nitrogens is 1. The number of carbonyl (C=O) groups is 3. The van der Waals surface area contributed by atoms with Gasteiger partial charge in [-0.1, -0.05) is 5.16 Å². The predicted molar refractivity (Wildman–Crippen MR) is 160 cm³/mol. The molecular formula is C32H40N4O5. The molecule has 218 valence electrons. The molecule has 0 radical (unpaired) electrons. The molecule has 0 unspecified atom stereocenters. The van der Waals surface area contributed by atoms with Gasteiger partial charge in [-0.05, 0) is 95.4 Å². The number of Topliss-reactive ketones (excluding diaryl/α,β-unsaturated/α-hetero) is 2. The second kappa shape index (κ2) is 12.2. The average molecular weight is 561 g/mol. The van der Waals surface area contributed by atoms with Gasteiger partial charge in [-0.25, -0.2) is 4.79 Å². The predicted octanol–water partition coefficient (Wildman–Crippen LogP) is 4.60. The van der Waals surface area contributed by atoms with Crippen LogP contribution in [0.5, 0.6) is 0 Å². The first-order valence-corrected chi connectivity index (χ1v) is 14.6. The van der Waals surface area contributed by atoms with Crippen molar-refractivity contribution >= 4 is 45.1 Å². The molecular weight excluding hydrogens is 520 g/mol. The molecule has 1 aromatic heterocycles. The minimum absolute atomic E-state index is 0.0590. The monoisotopic (exact) mass is 560 g/mol. The molecule has 0 saturated carbocycles. The standard InChI is InChI=1S/C32H40N4O5/c1-5-36-28-8-6-23(30(38)27(34-41-21(2)37)18-22-10-12-33-13-11-22)19-25(28)26-20-24(7-9-29(26)36)31(39)32(3,4)35-14-16-40-17-15-35/h6-9,19-20,22,33H,5,10-18H2,1-4H3/b34-27+. The van der Waals surface area contributed by atoms with Gasteiger partial charge in [0.25, 0.3) is 0 Å². The van der Waals surface area contributed by atoms with Gasteiger partial charge in [-0.15, -0.1) is 0 Å². The third kappa shape index (κ3) is 5.98. The molecule has 3 aromatic rings. The molecule has 5 rings (SSSR count). The smallest absolute Gasteiger partial charge is 0.331 e. The fourth-order valence-corrected chi connectivity index (χ4v) is 6.16. The van der Waals surface area contributed by atoms with Crippen LogP contribution in [-0.2, 0) is 20.9 Å². The van der Waals surface area contributed by atoms with Gasteiger partial charge < -0.3 is 19.5 Å². The molecule has 2 saturated heterocycles. The van der Waals surface area contributed by atoms with Crippen LogP contribution in [0.3, 0.4) is 0 Å². The molecule has 0 amide bonds. The summed E-state index contributed by atoms with van der Waals surface area (Å²) in [6.07, 6.45) is 2.33. The number of benzene rings is 2. The Morgan fingerprint density at radius 1 is 1.00 bits per heavy atom. The van der Waals surface area contributed by atoms with Crippen LogP contribution >= 0.6 is 0 Å². The van der Waals surface area contributed by atoms with Gasteiger partial charge in [-0.2, -0.15) is 0 Å². The van der Waals surface area contributed by atoms with E-state index in [0.29, 0.717) is 36.7 Å². The Balaban J connectivity index is 1.53. The maximum Gasteiger partial charge on any atom is 0.331 e. The molecule has 0 atom stereocenters. The number of fused-ring (bicyclic) bond motifs is 3. The van der Waals surface area contributed by atoms with Crippen molar-refractivity contribution in [1.29, 1.82) is 0 Å². The lowest BCUT2D eigenvalue weighted by atomic mass is 9.89. The summed E-state index contributed by atoms with van der Waals surface area (Å²) in [5.74, 6) is -0.448. The molecule has 0 aliphatic carbocycles. The first kappa shape index (κ1) is 29.1. The fraction of sp³-hybridized carbons (Fsp3) is 0.500. The topological polar surface area (TPSA) is 102 Å². The Labute approximate surface area is 240 Å². The normalized spacial score (nSPS) is 17.7. The van der Waals surface area contributed by atoms with E-state index in [0.717, 1.165) is 67.4 Å². The summed E-state index contributed by atoms with van der Waals surface area (Å²) < 4.78 is 7.70. The van der Waals surface area contributed by atoms with Crippen molar-refractivity contribution in [2.24, 2.45) is 11.1 Å². The summed E-state index contributed by atoms with van der Waals surface area (Å²) in [5.41, 5.74) is 2.72. The lowest BCUT2D eigenvalue weighted by Crippen LogP contribution is -2.54. The third-order valence-corrected chi connectivity index (χ3v) is 8.55. The zero-order chi connectivity index (χ0) is 29.1. The van der Waals surface area contributed by atoms with E-state index in [2.05, 4.69) is 26.9 Å². The maximum absolute atomic E-state index is 13.8. The maximum atomic E-state index is 13.8. The Bertz CT molecular complexity index is 1490. The van der Waals surface area contributed by atoms with Crippen LogP contribution < -0.4 is 5.32 Å². The number of carbonyl (C=O) groups excluding carboxylic acids is 3. The van der Waals surface area contributed by atoms with Crippen molar-refractivity contribution in [2.45, 2.75) is 59.0 Å². The van der Waals surface area contributed by atoms with E-state index in [1.165, 1.54) is 6.92 Å². The van der Waals surface area contributed by atoms with E-state index in [9.17, 15) is 14.4 Å². The summed E-state index contributed by atoms with van der Waals surface area (Å²) in [6.45, 7) is 12.5.